The predicted octanol–water partition coefficient (Wildman–Crippen LogP) is 3.03. The van der Waals surface area contributed by atoms with Crippen LogP contribution < -0.4 is 10.2 Å². The largest absolute Gasteiger partial charge is 0.462 e. The highest BCUT2D eigenvalue weighted by Gasteiger charge is 2.31. The lowest BCUT2D eigenvalue weighted by Crippen LogP contribution is -2.59. The molecule has 1 fully saturated rings. The zero-order chi connectivity index (χ0) is 20.5. The van der Waals surface area contributed by atoms with Crippen molar-refractivity contribution in [3.63, 3.8) is 0 Å². The number of hydrogen-bond donors (Lipinski definition) is 2. The molecule has 1 aromatic carbocycles. The fraction of sp³-hybridized carbons (Fsp3) is 0.368. The van der Waals surface area contributed by atoms with E-state index in [1.54, 1.807) is 19.1 Å². The molecule has 4 rings (SSSR count). The summed E-state index contributed by atoms with van der Waals surface area (Å²) in [5.74, 6) is -0.364. The molecular formula is C19H20ClN5O3S. The van der Waals surface area contributed by atoms with Crippen LogP contribution in [0.3, 0.4) is 0 Å². The number of aryl methyl sites for hydroxylation is 1. The Balaban J connectivity index is 1.38. The average Bonchev–Trinajstić information content (AvgIpc) is 3.26. The van der Waals surface area contributed by atoms with Gasteiger partial charge < -0.3 is 19.9 Å². The smallest absolute Gasteiger partial charge is 0.338 e. The van der Waals surface area contributed by atoms with Crippen molar-refractivity contribution < 1.29 is 14.3 Å². The molecule has 1 saturated heterocycles. The van der Waals surface area contributed by atoms with Gasteiger partial charge >= 0.3 is 5.97 Å². The maximum Gasteiger partial charge on any atom is 0.338 e. The van der Waals surface area contributed by atoms with Gasteiger partial charge in [-0.1, -0.05) is 29.9 Å². The number of fused-ring (bicyclic) bond motifs is 1. The van der Waals surface area contributed by atoms with Crippen LogP contribution in [-0.2, 0) is 11.2 Å². The summed E-state index contributed by atoms with van der Waals surface area (Å²) in [5, 5.41) is 4.15. The quantitative estimate of drug-likeness (QED) is 0.579. The monoisotopic (exact) mass is 433 g/mol. The molecule has 0 unspecified atom stereocenters. The van der Waals surface area contributed by atoms with Crippen LogP contribution in [0.1, 0.15) is 40.5 Å². The number of H-pyrrole nitrogens is 1. The first-order valence-electron chi connectivity index (χ1n) is 9.36. The van der Waals surface area contributed by atoms with Gasteiger partial charge in [0.05, 0.1) is 34.1 Å². The van der Waals surface area contributed by atoms with Crippen molar-refractivity contribution >= 4 is 50.2 Å². The van der Waals surface area contributed by atoms with Crippen LogP contribution in [0.5, 0.6) is 0 Å². The number of carbonyl (C=O) groups excluding carboxylic acids is 2. The molecule has 0 atom stereocenters. The fourth-order valence-corrected chi connectivity index (χ4v) is 4.39. The molecule has 0 radical (unpaired) electrons. The van der Waals surface area contributed by atoms with Crippen molar-refractivity contribution in [2.75, 3.05) is 24.6 Å². The first-order valence-corrected chi connectivity index (χ1v) is 10.6. The predicted molar refractivity (Wildman–Crippen MR) is 112 cm³/mol. The molecular weight excluding hydrogens is 414 g/mol. The van der Waals surface area contributed by atoms with Gasteiger partial charge in [0.1, 0.15) is 0 Å². The SMILES string of the molecule is CCOC(=O)c1ccc2nc(N3CC(NC(=O)c4nc(Cl)c(CC)[nH]4)C3)sc2c1. The summed E-state index contributed by atoms with van der Waals surface area (Å²) >= 11 is 7.51. The molecule has 0 aliphatic carbocycles. The second kappa shape index (κ2) is 8.00. The van der Waals surface area contributed by atoms with Crippen LogP contribution in [0.15, 0.2) is 18.2 Å². The highest BCUT2D eigenvalue weighted by atomic mass is 35.5. The Labute approximate surface area is 176 Å². The lowest BCUT2D eigenvalue weighted by molar-refractivity contribution is 0.0526. The number of ether oxygens (including phenoxy) is 1. The lowest BCUT2D eigenvalue weighted by Gasteiger charge is -2.39. The molecule has 152 valence electrons. The first-order chi connectivity index (χ1) is 14.0. The Hall–Kier alpha value is -2.65. The highest BCUT2D eigenvalue weighted by Crippen LogP contribution is 2.32. The maximum atomic E-state index is 12.3. The summed E-state index contributed by atoms with van der Waals surface area (Å²) in [6, 6.07) is 5.37. The van der Waals surface area contributed by atoms with Gasteiger partial charge in [-0.05, 0) is 31.5 Å². The molecule has 0 saturated carbocycles. The summed E-state index contributed by atoms with van der Waals surface area (Å²) in [6.07, 6.45) is 0.686. The van der Waals surface area contributed by atoms with E-state index in [-0.39, 0.29) is 23.7 Å². The number of aromatic nitrogens is 3. The number of nitrogens with one attached hydrogen (secondary N) is 2. The molecule has 1 amide bonds. The van der Waals surface area contributed by atoms with Crippen LogP contribution >= 0.6 is 22.9 Å². The number of imidazole rings is 1. The number of benzene rings is 1. The van der Waals surface area contributed by atoms with Gasteiger partial charge in [0.15, 0.2) is 16.1 Å². The van der Waals surface area contributed by atoms with Gasteiger partial charge in [0, 0.05) is 13.1 Å². The summed E-state index contributed by atoms with van der Waals surface area (Å²) in [4.78, 5) is 38.0. The van der Waals surface area contributed by atoms with Gasteiger partial charge in [-0.15, -0.1) is 0 Å². The van der Waals surface area contributed by atoms with Crippen molar-refractivity contribution in [2.24, 2.45) is 0 Å². The Morgan fingerprint density at radius 2 is 2.14 bits per heavy atom. The number of carbonyl (C=O) groups is 2. The van der Waals surface area contributed by atoms with E-state index in [1.165, 1.54) is 11.3 Å². The molecule has 29 heavy (non-hydrogen) atoms. The molecule has 1 aliphatic heterocycles. The van der Waals surface area contributed by atoms with Crippen molar-refractivity contribution in [1.82, 2.24) is 20.3 Å². The van der Waals surface area contributed by atoms with Crippen LogP contribution in [0.2, 0.25) is 5.15 Å². The molecule has 1 aliphatic rings. The number of anilines is 1. The van der Waals surface area contributed by atoms with Crippen molar-refractivity contribution in [1.29, 1.82) is 0 Å². The molecule has 2 aromatic heterocycles. The standard InChI is InChI=1S/C19H20ClN5O3S/c1-3-12-15(20)24-16(22-12)17(26)21-11-8-25(9-11)19-23-13-6-5-10(7-14(13)29-19)18(27)28-4-2/h5-7,11H,3-4,8-9H2,1-2H3,(H,21,26)(H,22,24). The number of thiazole rings is 1. The molecule has 0 spiro atoms. The van der Waals surface area contributed by atoms with Crippen molar-refractivity contribution in [3.05, 3.63) is 40.4 Å². The number of rotatable bonds is 6. The summed E-state index contributed by atoms with van der Waals surface area (Å²) in [7, 11) is 0. The number of aromatic amines is 1. The zero-order valence-electron chi connectivity index (χ0n) is 16.0. The number of amides is 1. The molecule has 3 aromatic rings. The molecule has 0 bridgehead atoms. The van der Waals surface area contributed by atoms with Crippen LogP contribution in [0.25, 0.3) is 10.2 Å². The molecule has 2 N–H and O–H groups in total. The minimum Gasteiger partial charge on any atom is -0.462 e. The summed E-state index contributed by atoms with van der Waals surface area (Å²) in [6.45, 7) is 5.38. The average molecular weight is 434 g/mol. The normalized spacial score (nSPS) is 14.1. The third-order valence-corrected chi connectivity index (χ3v) is 6.06. The zero-order valence-corrected chi connectivity index (χ0v) is 17.6. The third kappa shape index (κ3) is 3.92. The Morgan fingerprint density at radius 3 is 2.83 bits per heavy atom. The van der Waals surface area contributed by atoms with Crippen LogP contribution in [0.4, 0.5) is 5.13 Å². The van der Waals surface area contributed by atoms with Gasteiger partial charge in [0.25, 0.3) is 5.91 Å². The van der Waals surface area contributed by atoms with E-state index in [4.69, 9.17) is 16.3 Å². The lowest BCUT2D eigenvalue weighted by atomic mass is 10.1. The van der Waals surface area contributed by atoms with Gasteiger partial charge in [-0.3, -0.25) is 4.79 Å². The highest BCUT2D eigenvalue weighted by molar-refractivity contribution is 7.22. The van der Waals surface area contributed by atoms with E-state index in [0.29, 0.717) is 36.8 Å². The Bertz CT molecular complexity index is 1070. The van der Waals surface area contributed by atoms with Crippen molar-refractivity contribution in [3.8, 4) is 0 Å². The minimum absolute atomic E-state index is 0.0126. The van der Waals surface area contributed by atoms with E-state index >= 15 is 0 Å². The van der Waals surface area contributed by atoms with Crippen molar-refractivity contribution in [2.45, 2.75) is 26.3 Å². The van der Waals surface area contributed by atoms with Gasteiger partial charge in [0.2, 0.25) is 0 Å². The summed E-state index contributed by atoms with van der Waals surface area (Å²) < 4.78 is 5.97. The van der Waals surface area contributed by atoms with E-state index in [1.807, 2.05) is 13.0 Å². The summed E-state index contributed by atoms with van der Waals surface area (Å²) in [5.41, 5.74) is 2.11. The molecule has 8 nitrogen and oxygen atoms in total. The van der Waals surface area contributed by atoms with Gasteiger partial charge in [-0.2, -0.15) is 0 Å². The fourth-order valence-electron chi connectivity index (χ4n) is 3.10. The Morgan fingerprint density at radius 1 is 1.34 bits per heavy atom. The van der Waals surface area contributed by atoms with Crippen LogP contribution in [0, 0.1) is 0 Å². The molecule has 3 heterocycles. The van der Waals surface area contributed by atoms with Gasteiger partial charge in [-0.25, -0.2) is 14.8 Å². The van der Waals surface area contributed by atoms with E-state index < -0.39 is 0 Å². The first kappa shape index (κ1) is 19.7. The maximum absolute atomic E-state index is 12.3. The minimum atomic E-state index is -0.333. The van der Waals surface area contributed by atoms with Crippen LogP contribution in [-0.4, -0.2) is 52.6 Å². The van der Waals surface area contributed by atoms with E-state index in [0.717, 1.165) is 21.0 Å². The van der Waals surface area contributed by atoms with E-state index in [9.17, 15) is 9.59 Å². The second-order valence-electron chi connectivity index (χ2n) is 6.68. The second-order valence-corrected chi connectivity index (χ2v) is 8.05. The molecule has 10 heteroatoms. The third-order valence-electron chi connectivity index (χ3n) is 4.67. The Kier molecular flexibility index (Phi) is 5.42. The number of halogens is 1. The number of esters is 1. The van der Waals surface area contributed by atoms with E-state index in [2.05, 4.69) is 25.2 Å². The number of nitrogens with zero attached hydrogens (tertiary/aromatic N) is 3. The topological polar surface area (TPSA) is 100 Å². The number of hydrogen-bond acceptors (Lipinski definition) is 7.